The molecule has 298 valence electrons. The second-order valence-corrected chi connectivity index (χ2v) is 14.9. The van der Waals surface area contributed by atoms with Gasteiger partial charge in [0.25, 0.3) is 0 Å². The molecular weight excluding hydrogens is 631 g/mol. The smallest absolute Gasteiger partial charge is 0.249 e. The SMILES string of the molecule is CCCCCC/C=C\CCCCCCCCC(O)C(=O)NC(CO)C(O)/C=C/CC/C=C/CC/C=C/CCCCCCCCCCCCCCC. The molecule has 0 saturated heterocycles. The second kappa shape index (κ2) is 41.1. The minimum Gasteiger partial charge on any atom is -0.394 e. The number of hydrogen-bond donors (Lipinski definition) is 4. The lowest BCUT2D eigenvalue weighted by Gasteiger charge is -2.21. The molecule has 0 saturated carbocycles. The molecule has 0 fully saturated rings. The van der Waals surface area contributed by atoms with E-state index in [1.807, 2.05) is 6.08 Å². The van der Waals surface area contributed by atoms with Crippen molar-refractivity contribution in [1.29, 1.82) is 0 Å². The number of nitrogens with one attached hydrogen (secondary N) is 1. The van der Waals surface area contributed by atoms with Gasteiger partial charge < -0.3 is 20.6 Å². The van der Waals surface area contributed by atoms with Crippen LogP contribution in [0.3, 0.4) is 0 Å². The van der Waals surface area contributed by atoms with Crippen molar-refractivity contribution in [3.05, 3.63) is 48.6 Å². The first-order valence-corrected chi connectivity index (χ1v) is 22.0. The van der Waals surface area contributed by atoms with Crippen LogP contribution in [0.1, 0.15) is 213 Å². The number of rotatable bonds is 39. The first-order chi connectivity index (χ1) is 25.1. The summed E-state index contributed by atoms with van der Waals surface area (Å²) in [6, 6.07) is -0.823. The molecule has 0 aromatic heterocycles. The van der Waals surface area contributed by atoms with Crippen molar-refractivity contribution in [2.75, 3.05) is 6.61 Å². The van der Waals surface area contributed by atoms with E-state index in [1.165, 1.54) is 141 Å². The quantitative estimate of drug-likeness (QED) is 0.0377. The maximum atomic E-state index is 12.4. The van der Waals surface area contributed by atoms with Crippen LogP contribution in [0.15, 0.2) is 48.6 Å². The van der Waals surface area contributed by atoms with E-state index in [4.69, 9.17) is 0 Å². The van der Waals surface area contributed by atoms with Gasteiger partial charge in [0.2, 0.25) is 5.91 Å². The monoisotopic (exact) mass is 716 g/mol. The summed E-state index contributed by atoms with van der Waals surface area (Å²) in [5.41, 5.74) is 0. The zero-order chi connectivity index (χ0) is 37.3. The van der Waals surface area contributed by atoms with Crippen molar-refractivity contribution in [1.82, 2.24) is 5.32 Å². The van der Waals surface area contributed by atoms with Crippen molar-refractivity contribution in [3.8, 4) is 0 Å². The van der Waals surface area contributed by atoms with Gasteiger partial charge in [0.05, 0.1) is 18.8 Å². The van der Waals surface area contributed by atoms with Gasteiger partial charge in [-0.2, -0.15) is 0 Å². The molecule has 0 rings (SSSR count). The third-order valence-corrected chi connectivity index (χ3v) is 9.87. The summed E-state index contributed by atoms with van der Waals surface area (Å²) in [7, 11) is 0. The molecule has 51 heavy (non-hydrogen) atoms. The lowest BCUT2D eigenvalue weighted by molar-refractivity contribution is -0.131. The molecule has 0 aliphatic rings. The molecule has 0 radical (unpaired) electrons. The third-order valence-electron chi connectivity index (χ3n) is 9.87. The molecule has 5 heteroatoms. The summed E-state index contributed by atoms with van der Waals surface area (Å²) in [5, 5.41) is 33.1. The van der Waals surface area contributed by atoms with Crippen LogP contribution < -0.4 is 5.32 Å². The minimum atomic E-state index is -1.11. The molecular formula is C46H85NO4. The van der Waals surface area contributed by atoms with Crippen LogP contribution in [0.5, 0.6) is 0 Å². The van der Waals surface area contributed by atoms with Gasteiger partial charge in [0, 0.05) is 0 Å². The number of aliphatic hydroxyl groups is 3. The summed E-state index contributed by atoms with van der Waals surface area (Å²) in [4.78, 5) is 12.4. The molecule has 0 spiro atoms. The first-order valence-electron chi connectivity index (χ1n) is 22.0. The van der Waals surface area contributed by atoms with Crippen LogP contribution in [0.2, 0.25) is 0 Å². The predicted molar refractivity (Wildman–Crippen MR) is 222 cm³/mol. The average molecular weight is 716 g/mol. The summed E-state index contributed by atoms with van der Waals surface area (Å²) in [6.45, 7) is 4.14. The van der Waals surface area contributed by atoms with Crippen molar-refractivity contribution < 1.29 is 20.1 Å². The Kier molecular flexibility index (Phi) is 39.7. The molecule has 0 aromatic rings. The molecule has 0 heterocycles. The number of carbonyl (C=O) groups excluding carboxylic acids is 1. The average Bonchev–Trinajstić information content (AvgIpc) is 3.13. The van der Waals surface area contributed by atoms with Gasteiger partial charge in [0.15, 0.2) is 0 Å². The highest BCUT2D eigenvalue weighted by atomic mass is 16.3. The molecule has 5 nitrogen and oxygen atoms in total. The van der Waals surface area contributed by atoms with E-state index in [-0.39, 0.29) is 6.61 Å². The van der Waals surface area contributed by atoms with E-state index in [9.17, 15) is 20.1 Å². The van der Waals surface area contributed by atoms with Crippen molar-refractivity contribution in [3.63, 3.8) is 0 Å². The number of allylic oxidation sites excluding steroid dienone is 7. The Morgan fingerprint density at radius 3 is 1.22 bits per heavy atom. The third kappa shape index (κ3) is 36.5. The fourth-order valence-corrected chi connectivity index (χ4v) is 6.39. The number of aliphatic hydroxyl groups excluding tert-OH is 3. The topological polar surface area (TPSA) is 89.8 Å². The molecule has 3 unspecified atom stereocenters. The number of carbonyl (C=O) groups is 1. The minimum absolute atomic E-state index is 0.384. The Labute approximate surface area is 316 Å². The number of hydrogen-bond acceptors (Lipinski definition) is 4. The van der Waals surface area contributed by atoms with E-state index in [1.54, 1.807) is 6.08 Å². The van der Waals surface area contributed by atoms with Gasteiger partial charge in [-0.15, -0.1) is 0 Å². The van der Waals surface area contributed by atoms with Gasteiger partial charge >= 0.3 is 0 Å². The fraction of sp³-hybridized carbons (Fsp3) is 0.804. The van der Waals surface area contributed by atoms with Crippen molar-refractivity contribution in [2.24, 2.45) is 0 Å². The fourth-order valence-electron chi connectivity index (χ4n) is 6.39. The largest absolute Gasteiger partial charge is 0.394 e. The Bertz CT molecular complexity index is 835. The Morgan fingerprint density at radius 2 is 0.804 bits per heavy atom. The molecule has 3 atom stereocenters. The Morgan fingerprint density at radius 1 is 0.471 bits per heavy atom. The second-order valence-electron chi connectivity index (χ2n) is 14.9. The Balaban J connectivity index is 3.75. The summed E-state index contributed by atoms with van der Waals surface area (Å²) >= 11 is 0. The summed E-state index contributed by atoms with van der Waals surface area (Å²) in [5.74, 6) is -0.524. The highest BCUT2D eigenvalue weighted by molar-refractivity contribution is 5.80. The normalized spacial score (nSPS) is 14.1. The number of unbranched alkanes of at least 4 members (excludes halogenated alkanes) is 25. The van der Waals surface area contributed by atoms with Gasteiger partial charge in [-0.05, 0) is 70.6 Å². The van der Waals surface area contributed by atoms with Crippen LogP contribution in [0.4, 0.5) is 0 Å². The van der Waals surface area contributed by atoms with Crippen molar-refractivity contribution in [2.45, 2.75) is 231 Å². The number of amides is 1. The lowest BCUT2D eigenvalue weighted by Crippen LogP contribution is -2.48. The maximum Gasteiger partial charge on any atom is 0.249 e. The maximum absolute atomic E-state index is 12.4. The van der Waals surface area contributed by atoms with Crippen LogP contribution in [0.25, 0.3) is 0 Å². The lowest BCUT2D eigenvalue weighted by atomic mass is 10.0. The van der Waals surface area contributed by atoms with E-state index in [2.05, 4.69) is 55.6 Å². The highest BCUT2D eigenvalue weighted by Gasteiger charge is 2.22. The van der Waals surface area contributed by atoms with Gasteiger partial charge in [-0.25, -0.2) is 0 Å². The Hall–Kier alpha value is -1.69. The van der Waals surface area contributed by atoms with Crippen LogP contribution in [0, 0.1) is 0 Å². The molecule has 0 aromatic carbocycles. The van der Waals surface area contributed by atoms with Crippen LogP contribution in [-0.4, -0.2) is 46.1 Å². The van der Waals surface area contributed by atoms with E-state index >= 15 is 0 Å². The molecule has 1 amide bonds. The van der Waals surface area contributed by atoms with Gasteiger partial charge in [-0.3, -0.25) is 4.79 Å². The zero-order valence-electron chi connectivity index (χ0n) is 33.7. The first kappa shape index (κ1) is 49.3. The van der Waals surface area contributed by atoms with Gasteiger partial charge in [0.1, 0.15) is 6.10 Å². The zero-order valence-corrected chi connectivity index (χ0v) is 33.7. The van der Waals surface area contributed by atoms with E-state index in [0.29, 0.717) is 6.42 Å². The summed E-state index contributed by atoms with van der Waals surface area (Å²) < 4.78 is 0. The van der Waals surface area contributed by atoms with Crippen LogP contribution in [-0.2, 0) is 4.79 Å². The van der Waals surface area contributed by atoms with Crippen LogP contribution >= 0.6 is 0 Å². The predicted octanol–water partition coefficient (Wildman–Crippen LogP) is 12.5. The molecule has 0 bridgehead atoms. The standard InChI is InChI=1S/C46H85NO4/c1-3-5-7-9-11-13-15-17-19-20-21-22-23-24-25-26-27-29-30-32-34-36-38-40-44(49)43(42-48)47-46(51)45(50)41-39-37-35-33-31-28-18-16-14-12-10-8-6-4-2/h14,16,25-26,30,32,38,40,43-45,48-50H,3-13,15,17-24,27-29,31,33-37,39,41-42H2,1-2H3,(H,47,51)/b16-14-,26-25+,32-30+,40-38+. The summed E-state index contributed by atoms with van der Waals surface area (Å²) in [6.07, 6.45) is 52.9. The molecule has 0 aliphatic carbocycles. The molecule has 4 N–H and O–H groups in total. The van der Waals surface area contributed by atoms with Gasteiger partial charge in [-0.1, -0.05) is 191 Å². The van der Waals surface area contributed by atoms with E-state index < -0.39 is 24.2 Å². The van der Waals surface area contributed by atoms with Crippen molar-refractivity contribution >= 4 is 5.91 Å². The highest BCUT2D eigenvalue weighted by Crippen LogP contribution is 2.14. The van der Waals surface area contributed by atoms with E-state index in [0.717, 1.165) is 51.4 Å². The molecule has 0 aliphatic heterocycles.